The van der Waals surface area contributed by atoms with Gasteiger partial charge in [0.2, 0.25) is 5.95 Å². The smallest absolute Gasteiger partial charge is 0.265 e. The average Bonchev–Trinajstić information content (AvgIpc) is 3.73. The van der Waals surface area contributed by atoms with Crippen LogP contribution >= 0.6 is 22.7 Å². The third-order valence-electron chi connectivity index (χ3n) is 6.32. The molecule has 0 bridgehead atoms. The Morgan fingerprint density at radius 2 is 1.64 bits per heavy atom. The normalized spacial score (nSPS) is 10.7. The van der Waals surface area contributed by atoms with E-state index in [0.29, 0.717) is 27.8 Å². The summed E-state index contributed by atoms with van der Waals surface area (Å²) in [6, 6.07) is 26.6. The van der Waals surface area contributed by atoms with Crippen molar-refractivity contribution in [3.63, 3.8) is 0 Å². The lowest BCUT2D eigenvalue weighted by Crippen LogP contribution is -2.15. The number of aromatic nitrogens is 3. The molecule has 0 fully saturated rings. The lowest BCUT2D eigenvalue weighted by Gasteiger charge is -2.12. The highest BCUT2D eigenvalue weighted by atomic mass is 32.1. The number of nitrogens with one attached hydrogen (secondary N) is 3. The molecule has 8 nitrogen and oxygen atoms in total. The fraction of sp³-hybridized carbons (Fsp3) is 0.0312. The Bertz CT molecular complexity index is 1870. The molecule has 4 heterocycles. The van der Waals surface area contributed by atoms with Crippen LogP contribution in [0.5, 0.6) is 0 Å². The molecule has 0 aliphatic carbocycles. The minimum absolute atomic E-state index is 0.255. The van der Waals surface area contributed by atoms with E-state index in [2.05, 4.69) is 30.9 Å². The van der Waals surface area contributed by atoms with Gasteiger partial charge in [0.05, 0.1) is 28.0 Å². The number of aryl methyl sites for hydroxylation is 1. The zero-order valence-corrected chi connectivity index (χ0v) is 24.0. The first kappa shape index (κ1) is 27.0. The second-order valence-corrected chi connectivity index (χ2v) is 11.3. The molecule has 0 aliphatic heterocycles. The van der Waals surface area contributed by atoms with E-state index in [9.17, 15) is 9.59 Å². The third kappa shape index (κ3) is 6.25. The third-order valence-corrected chi connectivity index (χ3v) is 8.47. The molecular weight excluding hydrogens is 565 g/mol. The molecule has 2 amide bonds. The van der Waals surface area contributed by atoms with Crippen LogP contribution in [0.15, 0.2) is 109 Å². The minimum Gasteiger partial charge on any atom is -0.324 e. The fourth-order valence-electron chi connectivity index (χ4n) is 4.18. The van der Waals surface area contributed by atoms with Crippen molar-refractivity contribution in [1.82, 2.24) is 15.0 Å². The number of pyridine rings is 1. The highest BCUT2D eigenvalue weighted by Gasteiger charge is 2.14. The molecule has 6 aromatic rings. The zero-order valence-electron chi connectivity index (χ0n) is 22.4. The Labute approximate surface area is 250 Å². The number of hydrogen-bond donors (Lipinski definition) is 3. The average molecular weight is 589 g/mol. The number of rotatable bonds is 8. The number of benzene rings is 2. The zero-order chi connectivity index (χ0) is 28.9. The van der Waals surface area contributed by atoms with Gasteiger partial charge < -0.3 is 16.0 Å². The highest BCUT2D eigenvalue weighted by molar-refractivity contribution is 7.22. The summed E-state index contributed by atoms with van der Waals surface area (Å²) in [4.78, 5) is 41.8. The van der Waals surface area contributed by atoms with Gasteiger partial charge in [0.1, 0.15) is 0 Å². The van der Waals surface area contributed by atoms with E-state index >= 15 is 0 Å². The highest BCUT2D eigenvalue weighted by Crippen LogP contribution is 2.32. The van der Waals surface area contributed by atoms with Gasteiger partial charge in [0.25, 0.3) is 11.8 Å². The maximum atomic E-state index is 13.1. The first-order valence-corrected chi connectivity index (χ1v) is 14.7. The van der Waals surface area contributed by atoms with Crippen LogP contribution in [-0.4, -0.2) is 26.8 Å². The van der Waals surface area contributed by atoms with Crippen molar-refractivity contribution in [3.8, 4) is 21.0 Å². The summed E-state index contributed by atoms with van der Waals surface area (Å²) < 4.78 is 0. The second kappa shape index (κ2) is 12.1. The molecular formula is C32H24N6O2S2. The predicted molar refractivity (Wildman–Crippen MR) is 170 cm³/mol. The summed E-state index contributed by atoms with van der Waals surface area (Å²) in [7, 11) is 0. The quantitative estimate of drug-likeness (QED) is 0.167. The second-order valence-electron chi connectivity index (χ2n) is 9.30. The molecule has 10 heteroatoms. The number of amides is 2. The van der Waals surface area contributed by atoms with Crippen molar-refractivity contribution >= 4 is 57.5 Å². The fourth-order valence-corrected chi connectivity index (χ4v) is 5.92. The molecule has 0 spiro atoms. The lowest BCUT2D eigenvalue weighted by atomic mass is 10.1. The van der Waals surface area contributed by atoms with E-state index in [0.717, 1.165) is 32.3 Å². The molecule has 2 aromatic carbocycles. The van der Waals surface area contributed by atoms with Crippen LogP contribution in [-0.2, 0) is 0 Å². The maximum absolute atomic E-state index is 13.1. The van der Waals surface area contributed by atoms with Crippen LogP contribution in [0, 0.1) is 6.92 Å². The molecule has 0 unspecified atom stereocenters. The number of carbonyl (C=O) groups is 2. The van der Waals surface area contributed by atoms with Crippen LogP contribution in [0.2, 0.25) is 0 Å². The monoisotopic (exact) mass is 588 g/mol. The Balaban J connectivity index is 1.13. The van der Waals surface area contributed by atoms with Crippen LogP contribution in [0.1, 0.15) is 25.6 Å². The van der Waals surface area contributed by atoms with E-state index in [4.69, 9.17) is 0 Å². The van der Waals surface area contributed by atoms with Gasteiger partial charge in [0, 0.05) is 39.1 Å². The lowest BCUT2D eigenvalue weighted by molar-refractivity contribution is 0.101. The summed E-state index contributed by atoms with van der Waals surface area (Å²) in [5.74, 6) is -0.161. The topological polar surface area (TPSA) is 109 Å². The van der Waals surface area contributed by atoms with E-state index in [1.54, 1.807) is 29.7 Å². The first-order valence-electron chi connectivity index (χ1n) is 13.0. The van der Waals surface area contributed by atoms with E-state index in [-0.39, 0.29) is 11.8 Å². The number of thiophene rings is 2. The maximum Gasteiger partial charge on any atom is 0.265 e. The number of hydrogen-bond acceptors (Lipinski definition) is 8. The van der Waals surface area contributed by atoms with Crippen molar-refractivity contribution in [2.45, 2.75) is 6.92 Å². The van der Waals surface area contributed by atoms with Gasteiger partial charge in [-0.15, -0.1) is 22.7 Å². The number of anilines is 4. The van der Waals surface area contributed by atoms with Crippen LogP contribution in [0.3, 0.4) is 0 Å². The number of carbonyl (C=O) groups excluding carboxylic acids is 2. The summed E-state index contributed by atoms with van der Waals surface area (Å²) >= 11 is 3.04. The molecule has 6 rings (SSSR count). The van der Waals surface area contributed by atoms with Crippen molar-refractivity contribution in [3.05, 3.63) is 125 Å². The van der Waals surface area contributed by atoms with Crippen LogP contribution in [0.4, 0.5) is 23.0 Å². The number of nitrogens with zero attached hydrogens (tertiary/aromatic N) is 3. The van der Waals surface area contributed by atoms with Gasteiger partial charge in [-0.3, -0.25) is 14.6 Å². The van der Waals surface area contributed by atoms with Crippen molar-refractivity contribution in [2.24, 2.45) is 0 Å². The van der Waals surface area contributed by atoms with Gasteiger partial charge in [-0.2, -0.15) is 0 Å². The largest absolute Gasteiger partial charge is 0.324 e. The van der Waals surface area contributed by atoms with Crippen molar-refractivity contribution in [2.75, 3.05) is 16.0 Å². The van der Waals surface area contributed by atoms with Gasteiger partial charge in [-0.25, -0.2) is 9.97 Å². The van der Waals surface area contributed by atoms with Crippen molar-refractivity contribution in [1.29, 1.82) is 0 Å². The molecule has 206 valence electrons. The van der Waals surface area contributed by atoms with Gasteiger partial charge in [0.15, 0.2) is 0 Å². The first-order chi connectivity index (χ1) is 20.5. The van der Waals surface area contributed by atoms with Gasteiger partial charge in [-0.1, -0.05) is 42.5 Å². The summed E-state index contributed by atoms with van der Waals surface area (Å²) in [5.41, 5.74) is 4.84. The molecule has 42 heavy (non-hydrogen) atoms. The molecule has 0 atom stereocenters. The Morgan fingerprint density at radius 1 is 0.786 bits per heavy atom. The molecule has 0 saturated carbocycles. The predicted octanol–water partition coefficient (Wildman–Crippen LogP) is 7.89. The Hall–Kier alpha value is -5.19. The molecule has 0 aliphatic rings. The standard InChI is InChI=1S/C32H24N6O2S2/c1-20-9-10-23(17-26(20)38-32-34-14-13-25(37-32)21-6-3-2-4-7-21)35-30(39)22-16-24(19-33-18-22)36-31(40)29-12-11-28(42-29)27-8-5-15-41-27/h2-19H,1H3,(H,35,39)(H,36,40)(H,34,37,38). The summed E-state index contributed by atoms with van der Waals surface area (Å²) in [6.45, 7) is 1.96. The molecule has 0 radical (unpaired) electrons. The van der Waals surface area contributed by atoms with Crippen molar-refractivity contribution < 1.29 is 9.59 Å². The Morgan fingerprint density at radius 3 is 2.48 bits per heavy atom. The van der Waals surface area contributed by atoms with E-state index in [1.807, 2.05) is 85.1 Å². The molecule has 3 N–H and O–H groups in total. The van der Waals surface area contributed by atoms with Crippen LogP contribution < -0.4 is 16.0 Å². The van der Waals surface area contributed by atoms with E-state index < -0.39 is 0 Å². The SMILES string of the molecule is Cc1ccc(NC(=O)c2cncc(NC(=O)c3ccc(-c4cccs4)s3)c2)cc1Nc1nccc(-c2ccccc2)n1. The summed E-state index contributed by atoms with van der Waals surface area (Å²) in [6.07, 6.45) is 4.68. The molecule has 0 saturated heterocycles. The van der Waals surface area contributed by atoms with Gasteiger partial charge >= 0.3 is 0 Å². The molecule has 4 aromatic heterocycles. The van der Waals surface area contributed by atoms with Gasteiger partial charge in [-0.05, 0) is 60.3 Å². The van der Waals surface area contributed by atoms with Crippen LogP contribution in [0.25, 0.3) is 21.0 Å². The minimum atomic E-state index is -0.355. The Kier molecular flexibility index (Phi) is 7.80. The van der Waals surface area contributed by atoms with E-state index in [1.165, 1.54) is 23.7 Å². The summed E-state index contributed by atoms with van der Waals surface area (Å²) in [5, 5.41) is 11.0.